The van der Waals surface area contributed by atoms with Crippen molar-refractivity contribution in [3.63, 3.8) is 0 Å². The topological polar surface area (TPSA) is 26.3 Å². The van der Waals surface area contributed by atoms with E-state index in [-0.39, 0.29) is 24.1 Å². The molecule has 0 amide bonds. The molecule has 0 unspecified atom stereocenters. The van der Waals surface area contributed by atoms with Crippen LogP contribution in [0.25, 0.3) is 0 Å². The maximum absolute atomic E-state index is 13.6. The van der Waals surface area contributed by atoms with Gasteiger partial charge in [-0.2, -0.15) is 0 Å². The van der Waals surface area contributed by atoms with Crippen LogP contribution in [0.15, 0.2) is 36.4 Å². The molecule has 0 N–H and O–H groups in total. The van der Waals surface area contributed by atoms with Crippen molar-refractivity contribution in [1.82, 2.24) is 0 Å². The molecule has 0 aromatic heterocycles. The van der Waals surface area contributed by atoms with Crippen LogP contribution in [-0.4, -0.2) is 5.78 Å². The minimum atomic E-state index is -0.291. The highest BCUT2D eigenvalue weighted by Crippen LogP contribution is 2.40. The Labute approximate surface area is 123 Å². The van der Waals surface area contributed by atoms with Crippen LogP contribution in [0.4, 0.5) is 4.39 Å². The van der Waals surface area contributed by atoms with Crippen LogP contribution in [-0.2, 0) is 6.61 Å². The normalized spacial score (nSPS) is 16.9. The fraction of sp³-hybridized carbons (Fsp3) is 0.278. The van der Waals surface area contributed by atoms with E-state index in [1.165, 1.54) is 6.07 Å². The van der Waals surface area contributed by atoms with E-state index >= 15 is 0 Å². The van der Waals surface area contributed by atoms with Gasteiger partial charge in [0.2, 0.25) is 0 Å². The molecule has 2 nitrogen and oxygen atoms in total. The number of benzene rings is 2. The van der Waals surface area contributed by atoms with Gasteiger partial charge in [-0.3, -0.25) is 4.79 Å². The van der Waals surface area contributed by atoms with Crippen LogP contribution in [0.5, 0.6) is 5.75 Å². The van der Waals surface area contributed by atoms with Gasteiger partial charge in [-0.1, -0.05) is 31.2 Å². The number of halogens is 1. The molecule has 21 heavy (non-hydrogen) atoms. The number of carbonyl (C=O) groups excluding carboxylic acids is 1. The maximum atomic E-state index is 13.6. The number of hydrogen-bond acceptors (Lipinski definition) is 2. The van der Waals surface area contributed by atoms with E-state index in [4.69, 9.17) is 4.74 Å². The molecule has 0 radical (unpaired) electrons. The summed E-state index contributed by atoms with van der Waals surface area (Å²) in [4.78, 5) is 12.2. The number of ketones is 1. The van der Waals surface area contributed by atoms with Crippen LogP contribution in [0, 0.1) is 12.7 Å². The van der Waals surface area contributed by atoms with Crippen molar-refractivity contribution >= 4 is 5.78 Å². The van der Waals surface area contributed by atoms with Crippen molar-refractivity contribution in [1.29, 1.82) is 0 Å². The summed E-state index contributed by atoms with van der Waals surface area (Å²) in [5, 5.41) is 0. The molecule has 0 bridgehead atoms. The quantitative estimate of drug-likeness (QED) is 0.835. The van der Waals surface area contributed by atoms with Crippen LogP contribution >= 0.6 is 0 Å². The Bertz CT molecular complexity index is 706. The number of ether oxygens (including phenoxy) is 1. The Balaban J connectivity index is 1.91. The third kappa shape index (κ3) is 2.44. The Morgan fingerprint density at radius 2 is 2.00 bits per heavy atom. The minimum Gasteiger partial charge on any atom is -0.488 e. The smallest absolute Gasteiger partial charge is 0.167 e. The Morgan fingerprint density at radius 1 is 1.24 bits per heavy atom. The largest absolute Gasteiger partial charge is 0.488 e. The summed E-state index contributed by atoms with van der Waals surface area (Å²) < 4.78 is 19.4. The predicted octanol–water partition coefficient (Wildman–Crippen LogP) is 4.40. The summed E-state index contributed by atoms with van der Waals surface area (Å²) in [6.45, 7) is 4.19. The first kappa shape index (κ1) is 13.8. The van der Waals surface area contributed by atoms with E-state index in [9.17, 15) is 9.18 Å². The molecular formula is C18H17FO2. The van der Waals surface area contributed by atoms with Gasteiger partial charge in [0.25, 0.3) is 0 Å². The molecule has 2 aromatic carbocycles. The Kier molecular flexibility index (Phi) is 3.50. The SMILES string of the molecule is Cc1ccc(OCc2ccccc2F)c2c1[C@@H](C)CC2=O. The third-order valence-corrected chi connectivity index (χ3v) is 4.03. The molecule has 0 saturated carbocycles. The molecule has 1 aliphatic carbocycles. The van der Waals surface area contributed by atoms with E-state index in [1.807, 2.05) is 19.1 Å². The van der Waals surface area contributed by atoms with Crippen LogP contribution < -0.4 is 4.74 Å². The molecule has 1 atom stereocenters. The van der Waals surface area contributed by atoms with E-state index in [2.05, 4.69) is 6.92 Å². The van der Waals surface area contributed by atoms with Gasteiger partial charge in [0.1, 0.15) is 18.2 Å². The van der Waals surface area contributed by atoms with Gasteiger partial charge in [0, 0.05) is 12.0 Å². The van der Waals surface area contributed by atoms with E-state index in [0.717, 1.165) is 11.1 Å². The summed E-state index contributed by atoms with van der Waals surface area (Å²) in [5.41, 5.74) is 3.36. The zero-order chi connectivity index (χ0) is 15.0. The highest BCUT2D eigenvalue weighted by atomic mass is 19.1. The van der Waals surface area contributed by atoms with Gasteiger partial charge in [0.05, 0.1) is 5.56 Å². The molecule has 0 spiro atoms. The summed E-state index contributed by atoms with van der Waals surface area (Å²) in [6, 6.07) is 10.3. The molecule has 3 rings (SSSR count). The number of aryl methyl sites for hydroxylation is 1. The standard InChI is InChI=1S/C18H17FO2/c1-11-7-8-16(18-15(20)9-12(2)17(11)18)21-10-13-5-3-4-6-14(13)19/h3-8,12H,9-10H2,1-2H3/t12-/m0/s1. The molecular weight excluding hydrogens is 267 g/mol. The highest BCUT2D eigenvalue weighted by molar-refractivity contribution is 6.04. The molecule has 108 valence electrons. The van der Waals surface area contributed by atoms with E-state index in [1.54, 1.807) is 18.2 Å². The summed E-state index contributed by atoms with van der Waals surface area (Å²) >= 11 is 0. The average Bonchev–Trinajstić information content (AvgIpc) is 2.76. The van der Waals surface area contributed by atoms with Gasteiger partial charge in [0.15, 0.2) is 5.78 Å². The van der Waals surface area contributed by atoms with Gasteiger partial charge >= 0.3 is 0 Å². The summed E-state index contributed by atoms with van der Waals surface area (Å²) in [6.07, 6.45) is 0.524. The molecule has 1 aliphatic rings. The highest BCUT2D eigenvalue weighted by Gasteiger charge is 2.31. The number of rotatable bonds is 3. The van der Waals surface area contributed by atoms with Gasteiger partial charge in [-0.25, -0.2) is 4.39 Å². The second-order valence-corrected chi connectivity index (χ2v) is 5.58. The number of fused-ring (bicyclic) bond motifs is 1. The lowest BCUT2D eigenvalue weighted by Crippen LogP contribution is -2.03. The van der Waals surface area contributed by atoms with Crippen LogP contribution in [0.3, 0.4) is 0 Å². The first-order chi connectivity index (χ1) is 10.1. The second kappa shape index (κ2) is 5.32. The Morgan fingerprint density at radius 3 is 2.76 bits per heavy atom. The second-order valence-electron chi connectivity index (χ2n) is 5.58. The van der Waals surface area contributed by atoms with Gasteiger partial charge in [-0.05, 0) is 36.1 Å². The zero-order valence-corrected chi connectivity index (χ0v) is 12.2. The van der Waals surface area contributed by atoms with Crippen molar-refractivity contribution in [2.75, 3.05) is 0 Å². The van der Waals surface area contributed by atoms with Crippen molar-refractivity contribution in [3.05, 3.63) is 64.5 Å². The third-order valence-electron chi connectivity index (χ3n) is 4.03. The monoisotopic (exact) mass is 284 g/mol. The first-order valence-electron chi connectivity index (χ1n) is 7.11. The minimum absolute atomic E-state index is 0.115. The molecule has 0 aliphatic heterocycles. The number of carbonyl (C=O) groups is 1. The first-order valence-corrected chi connectivity index (χ1v) is 7.11. The number of hydrogen-bond donors (Lipinski definition) is 0. The average molecular weight is 284 g/mol. The fourth-order valence-electron chi connectivity index (χ4n) is 3.00. The van der Waals surface area contributed by atoms with Gasteiger partial charge in [-0.15, -0.1) is 0 Å². The van der Waals surface area contributed by atoms with E-state index in [0.29, 0.717) is 23.3 Å². The lowest BCUT2D eigenvalue weighted by molar-refractivity contribution is 0.0986. The summed E-state index contributed by atoms with van der Waals surface area (Å²) in [7, 11) is 0. The lowest BCUT2D eigenvalue weighted by Gasteiger charge is -2.13. The molecule has 0 saturated heterocycles. The van der Waals surface area contributed by atoms with Crippen molar-refractivity contribution < 1.29 is 13.9 Å². The van der Waals surface area contributed by atoms with Crippen LogP contribution in [0.1, 0.15) is 46.3 Å². The molecule has 2 aromatic rings. The molecule has 0 heterocycles. The Hall–Kier alpha value is -2.16. The maximum Gasteiger partial charge on any atom is 0.167 e. The van der Waals surface area contributed by atoms with Crippen molar-refractivity contribution in [3.8, 4) is 5.75 Å². The van der Waals surface area contributed by atoms with Crippen molar-refractivity contribution in [2.45, 2.75) is 32.8 Å². The predicted molar refractivity (Wildman–Crippen MR) is 79.3 cm³/mol. The zero-order valence-electron chi connectivity index (χ0n) is 12.2. The van der Waals surface area contributed by atoms with E-state index < -0.39 is 0 Å². The summed E-state index contributed by atoms with van der Waals surface area (Å²) in [5.74, 6) is 0.614. The van der Waals surface area contributed by atoms with Crippen molar-refractivity contribution in [2.24, 2.45) is 0 Å². The molecule has 0 fully saturated rings. The fourth-order valence-corrected chi connectivity index (χ4v) is 3.00. The number of Topliss-reactive ketones (excluding diaryl/α,β-unsaturated/α-hetero) is 1. The molecule has 3 heteroatoms. The van der Waals surface area contributed by atoms with Gasteiger partial charge < -0.3 is 4.74 Å². The lowest BCUT2D eigenvalue weighted by atomic mass is 9.97. The van der Waals surface area contributed by atoms with Crippen LogP contribution in [0.2, 0.25) is 0 Å².